The molecule has 0 atom stereocenters. The molecule has 0 radical (unpaired) electrons. The average molecular weight is 397 g/mol. The highest BCUT2D eigenvalue weighted by molar-refractivity contribution is 7.18. The molecule has 0 bridgehead atoms. The van der Waals surface area contributed by atoms with E-state index in [-0.39, 0.29) is 5.02 Å². The third-order valence-electron chi connectivity index (χ3n) is 4.20. The number of H-pyrrole nitrogens is 1. The number of rotatable bonds is 3. The monoisotopic (exact) mass is 396 g/mol. The van der Waals surface area contributed by atoms with Gasteiger partial charge in [0.05, 0.1) is 15.2 Å². The lowest BCUT2D eigenvalue weighted by molar-refractivity contribution is 0.628. The predicted molar refractivity (Wildman–Crippen MR) is 105 cm³/mol. The van der Waals surface area contributed by atoms with Crippen LogP contribution >= 0.6 is 22.9 Å². The van der Waals surface area contributed by atoms with Gasteiger partial charge in [-0.25, -0.2) is 14.5 Å². The van der Waals surface area contributed by atoms with Gasteiger partial charge in [-0.05, 0) is 46.1 Å². The Hall–Kier alpha value is -3.10. The number of thiophene rings is 1. The summed E-state index contributed by atoms with van der Waals surface area (Å²) >= 11 is 7.48. The van der Waals surface area contributed by atoms with E-state index >= 15 is 0 Å². The van der Waals surface area contributed by atoms with Crippen molar-refractivity contribution in [1.29, 1.82) is 0 Å². The summed E-state index contributed by atoms with van der Waals surface area (Å²) in [5.74, 6) is 0.798. The van der Waals surface area contributed by atoms with E-state index in [4.69, 9.17) is 16.6 Å². The molecule has 0 spiro atoms. The van der Waals surface area contributed by atoms with E-state index in [2.05, 4.69) is 32.0 Å². The minimum absolute atomic E-state index is 0.0586. The van der Waals surface area contributed by atoms with Crippen molar-refractivity contribution in [2.75, 3.05) is 5.32 Å². The van der Waals surface area contributed by atoms with E-state index in [1.165, 1.54) is 6.07 Å². The summed E-state index contributed by atoms with van der Waals surface area (Å²) in [5, 5.41) is 21.4. The minimum Gasteiger partial charge on any atom is -0.339 e. The smallest absolute Gasteiger partial charge is 0.179 e. The van der Waals surface area contributed by atoms with Crippen LogP contribution in [0.2, 0.25) is 5.02 Å². The summed E-state index contributed by atoms with van der Waals surface area (Å²) in [7, 11) is 0. The van der Waals surface area contributed by atoms with Gasteiger partial charge in [0.1, 0.15) is 11.6 Å². The Bertz CT molecular complexity index is 1280. The lowest BCUT2D eigenvalue weighted by atomic mass is 10.1. The van der Waals surface area contributed by atoms with Crippen LogP contribution in [0.3, 0.4) is 0 Å². The van der Waals surface area contributed by atoms with Crippen molar-refractivity contribution in [2.24, 2.45) is 0 Å². The molecule has 2 aromatic carbocycles. The van der Waals surface area contributed by atoms with Gasteiger partial charge in [0, 0.05) is 22.0 Å². The number of nitrogens with one attached hydrogen (secondary N) is 2. The molecule has 0 aliphatic carbocycles. The van der Waals surface area contributed by atoms with E-state index in [9.17, 15) is 4.39 Å². The Balaban J connectivity index is 1.67. The summed E-state index contributed by atoms with van der Waals surface area (Å²) in [4.78, 5) is 4.77. The Morgan fingerprint density at radius 2 is 2.00 bits per heavy atom. The third kappa shape index (κ3) is 2.79. The average Bonchev–Trinajstić information content (AvgIpc) is 3.36. The molecule has 132 valence electrons. The van der Waals surface area contributed by atoms with Crippen LogP contribution in [0.4, 0.5) is 15.9 Å². The van der Waals surface area contributed by atoms with Gasteiger partial charge in [-0.1, -0.05) is 23.7 Å². The molecular formula is C18H10ClFN6S. The maximum Gasteiger partial charge on any atom is 0.179 e. The number of fused-ring (bicyclic) bond motifs is 3. The molecule has 0 saturated heterocycles. The van der Waals surface area contributed by atoms with E-state index in [0.29, 0.717) is 17.3 Å². The molecule has 0 amide bonds. The lowest BCUT2D eigenvalue weighted by Crippen LogP contribution is -1.95. The number of anilines is 2. The largest absolute Gasteiger partial charge is 0.339 e. The van der Waals surface area contributed by atoms with Crippen molar-refractivity contribution in [3.63, 3.8) is 0 Å². The van der Waals surface area contributed by atoms with E-state index in [1.54, 1.807) is 23.5 Å². The molecule has 0 aliphatic rings. The second-order valence-corrected chi connectivity index (χ2v) is 7.18. The summed E-state index contributed by atoms with van der Waals surface area (Å²) < 4.78 is 14.4. The van der Waals surface area contributed by atoms with Crippen LogP contribution in [-0.2, 0) is 0 Å². The molecule has 5 aromatic rings. The first-order valence-electron chi connectivity index (χ1n) is 7.96. The van der Waals surface area contributed by atoms with E-state index in [0.717, 1.165) is 26.6 Å². The SMILES string of the molecule is Fc1ccc(Nc2nc3cc(-c4nnn[nH]4)ccc3c3ccsc23)cc1Cl. The predicted octanol–water partition coefficient (Wildman–Crippen LogP) is 5.17. The number of halogens is 2. The highest BCUT2D eigenvalue weighted by Crippen LogP contribution is 2.36. The Kier molecular flexibility index (Phi) is 3.73. The molecule has 6 nitrogen and oxygen atoms in total. The molecule has 0 aliphatic heterocycles. The van der Waals surface area contributed by atoms with Crippen molar-refractivity contribution in [2.45, 2.75) is 0 Å². The van der Waals surface area contributed by atoms with Crippen LogP contribution < -0.4 is 5.32 Å². The highest BCUT2D eigenvalue weighted by Gasteiger charge is 2.12. The van der Waals surface area contributed by atoms with Gasteiger partial charge in [0.15, 0.2) is 5.82 Å². The molecule has 5 rings (SSSR count). The number of aromatic amines is 1. The second kappa shape index (κ2) is 6.26. The fourth-order valence-electron chi connectivity index (χ4n) is 2.95. The molecule has 9 heteroatoms. The first kappa shape index (κ1) is 16.1. The van der Waals surface area contributed by atoms with Gasteiger partial charge in [0.25, 0.3) is 0 Å². The molecule has 2 N–H and O–H groups in total. The number of pyridine rings is 1. The maximum absolute atomic E-state index is 13.4. The van der Waals surface area contributed by atoms with Crippen molar-refractivity contribution < 1.29 is 4.39 Å². The van der Waals surface area contributed by atoms with E-state index < -0.39 is 5.82 Å². The van der Waals surface area contributed by atoms with Crippen LogP contribution in [0.15, 0.2) is 47.8 Å². The molecule has 0 saturated carbocycles. The number of tetrazole rings is 1. The Morgan fingerprint density at radius 3 is 2.81 bits per heavy atom. The standard InChI is InChI=1S/C18H10ClFN6S/c19-13-8-10(2-4-14(13)20)21-18-16-12(5-6-27-16)11-3-1-9(7-15(11)22-18)17-23-25-26-24-17/h1-8H,(H,21,22)(H,23,24,25,26). The Labute approximate surface area is 161 Å². The summed E-state index contributed by atoms with van der Waals surface area (Å²) in [6.07, 6.45) is 0. The van der Waals surface area contributed by atoms with Gasteiger partial charge in [-0.2, -0.15) is 0 Å². The number of aromatic nitrogens is 5. The summed E-state index contributed by atoms with van der Waals surface area (Å²) in [6, 6.07) is 12.4. The Morgan fingerprint density at radius 1 is 1.07 bits per heavy atom. The van der Waals surface area contributed by atoms with Crippen molar-refractivity contribution in [1.82, 2.24) is 25.6 Å². The number of hydrogen-bond acceptors (Lipinski definition) is 6. The van der Waals surface area contributed by atoms with Gasteiger partial charge in [-0.3, -0.25) is 0 Å². The number of nitrogens with zero attached hydrogens (tertiary/aromatic N) is 4. The second-order valence-electron chi connectivity index (χ2n) is 5.86. The lowest BCUT2D eigenvalue weighted by Gasteiger charge is -2.10. The molecule has 27 heavy (non-hydrogen) atoms. The van der Waals surface area contributed by atoms with E-state index in [1.807, 2.05) is 23.6 Å². The van der Waals surface area contributed by atoms with Crippen LogP contribution in [-0.4, -0.2) is 25.6 Å². The topological polar surface area (TPSA) is 79.4 Å². The maximum atomic E-state index is 13.4. The quantitative estimate of drug-likeness (QED) is 0.440. The van der Waals surface area contributed by atoms with Crippen LogP contribution in [0.1, 0.15) is 0 Å². The molecule has 3 aromatic heterocycles. The van der Waals surface area contributed by atoms with Gasteiger partial charge in [-0.15, -0.1) is 16.4 Å². The zero-order valence-corrected chi connectivity index (χ0v) is 15.1. The van der Waals surface area contributed by atoms with Gasteiger partial charge < -0.3 is 5.32 Å². The fraction of sp³-hybridized carbons (Fsp3) is 0. The number of benzene rings is 2. The third-order valence-corrected chi connectivity index (χ3v) is 5.41. The first-order valence-corrected chi connectivity index (χ1v) is 9.22. The fourth-order valence-corrected chi connectivity index (χ4v) is 3.99. The van der Waals surface area contributed by atoms with Crippen molar-refractivity contribution >= 4 is 55.4 Å². The summed E-state index contributed by atoms with van der Waals surface area (Å²) in [5.41, 5.74) is 2.30. The summed E-state index contributed by atoms with van der Waals surface area (Å²) in [6.45, 7) is 0. The first-order chi connectivity index (χ1) is 13.2. The molecule has 3 heterocycles. The molecule has 0 fully saturated rings. The highest BCUT2D eigenvalue weighted by atomic mass is 35.5. The number of hydrogen-bond donors (Lipinski definition) is 2. The minimum atomic E-state index is -0.458. The normalized spacial score (nSPS) is 11.3. The van der Waals surface area contributed by atoms with Gasteiger partial charge in [0.2, 0.25) is 0 Å². The molecular weight excluding hydrogens is 387 g/mol. The zero-order chi connectivity index (χ0) is 18.4. The van der Waals surface area contributed by atoms with Crippen molar-refractivity contribution in [3.05, 3.63) is 58.7 Å². The van der Waals surface area contributed by atoms with Crippen LogP contribution in [0.25, 0.3) is 32.4 Å². The van der Waals surface area contributed by atoms with Crippen LogP contribution in [0.5, 0.6) is 0 Å². The van der Waals surface area contributed by atoms with Crippen LogP contribution in [0, 0.1) is 5.82 Å². The van der Waals surface area contributed by atoms with Gasteiger partial charge >= 0.3 is 0 Å². The molecule has 0 unspecified atom stereocenters. The zero-order valence-electron chi connectivity index (χ0n) is 13.6. The van der Waals surface area contributed by atoms with Crippen molar-refractivity contribution in [3.8, 4) is 11.4 Å².